The Balaban J connectivity index is 1.37. The van der Waals surface area contributed by atoms with Gasteiger partial charge in [-0.2, -0.15) is 0 Å². The van der Waals surface area contributed by atoms with Crippen molar-refractivity contribution in [3.05, 3.63) is 71.4 Å². The Labute approximate surface area is 181 Å². The molecule has 1 aliphatic rings. The van der Waals surface area contributed by atoms with Crippen LogP contribution in [-0.2, 0) is 4.79 Å². The number of benzene rings is 2. The summed E-state index contributed by atoms with van der Waals surface area (Å²) in [5.74, 6) is 0.155. The number of piperidine rings is 1. The Kier molecular flexibility index (Phi) is 6.00. The first kappa shape index (κ1) is 20.4. The summed E-state index contributed by atoms with van der Waals surface area (Å²) in [4.78, 5) is 32.0. The second-order valence-corrected chi connectivity index (χ2v) is 8.23. The van der Waals surface area contributed by atoms with Gasteiger partial charge in [-0.3, -0.25) is 14.6 Å². The molecular weight excluding hydrogens is 398 g/mol. The summed E-state index contributed by atoms with van der Waals surface area (Å²) in [5.41, 5.74) is 2.26. The number of halogens is 1. The van der Waals surface area contributed by atoms with Crippen molar-refractivity contribution in [2.75, 3.05) is 18.4 Å². The highest BCUT2D eigenvalue weighted by molar-refractivity contribution is 6.30. The van der Waals surface area contributed by atoms with Crippen molar-refractivity contribution >= 4 is 40.0 Å². The van der Waals surface area contributed by atoms with E-state index in [0.717, 1.165) is 29.4 Å². The van der Waals surface area contributed by atoms with E-state index in [-0.39, 0.29) is 23.7 Å². The SMILES string of the molecule is C[C@@H](C(=O)Nc1ccc(Cl)cc1)C1CCN(C(=O)c2ccnc3ccccc23)CC1. The van der Waals surface area contributed by atoms with Crippen LogP contribution in [-0.4, -0.2) is 34.8 Å². The van der Waals surface area contributed by atoms with Crippen LogP contribution in [0.1, 0.15) is 30.1 Å². The molecule has 1 aromatic heterocycles. The molecule has 154 valence electrons. The van der Waals surface area contributed by atoms with Gasteiger partial charge in [-0.05, 0) is 55.2 Å². The molecular formula is C24H24ClN3O2. The van der Waals surface area contributed by atoms with E-state index in [1.165, 1.54) is 0 Å². The molecule has 0 spiro atoms. The van der Waals surface area contributed by atoms with E-state index in [4.69, 9.17) is 11.6 Å². The predicted octanol–water partition coefficient (Wildman–Crippen LogP) is 5.02. The summed E-state index contributed by atoms with van der Waals surface area (Å²) in [6, 6.07) is 16.6. The lowest BCUT2D eigenvalue weighted by Crippen LogP contribution is -2.41. The van der Waals surface area contributed by atoms with Gasteiger partial charge < -0.3 is 10.2 Å². The van der Waals surface area contributed by atoms with Gasteiger partial charge in [0.15, 0.2) is 0 Å². The first-order valence-corrected chi connectivity index (χ1v) is 10.6. The quantitative estimate of drug-likeness (QED) is 0.643. The average molecular weight is 422 g/mol. The molecule has 1 saturated heterocycles. The van der Waals surface area contributed by atoms with Gasteiger partial charge in [0.2, 0.25) is 5.91 Å². The number of amides is 2. The number of carbonyl (C=O) groups excluding carboxylic acids is 2. The number of rotatable bonds is 4. The summed E-state index contributed by atoms with van der Waals surface area (Å²) in [6.45, 7) is 3.27. The zero-order chi connectivity index (χ0) is 21.1. The second-order valence-electron chi connectivity index (χ2n) is 7.79. The van der Waals surface area contributed by atoms with Crippen LogP contribution in [0, 0.1) is 11.8 Å². The lowest BCUT2D eigenvalue weighted by atomic mass is 9.84. The molecule has 6 heteroatoms. The molecule has 2 amide bonds. The number of hydrogen-bond acceptors (Lipinski definition) is 3. The molecule has 4 rings (SSSR count). The lowest BCUT2D eigenvalue weighted by molar-refractivity contribution is -0.121. The average Bonchev–Trinajstić information content (AvgIpc) is 2.79. The smallest absolute Gasteiger partial charge is 0.254 e. The Morgan fingerprint density at radius 1 is 1.07 bits per heavy atom. The number of aromatic nitrogens is 1. The van der Waals surface area contributed by atoms with E-state index in [0.29, 0.717) is 23.7 Å². The number of pyridine rings is 1. The molecule has 2 aromatic carbocycles. The maximum Gasteiger partial charge on any atom is 0.254 e. The normalized spacial score (nSPS) is 15.7. The number of nitrogens with zero attached hydrogens (tertiary/aromatic N) is 2. The topological polar surface area (TPSA) is 62.3 Å². The monoisotopic (exact) mass is 421 g/mol. The Bertz CT molecular complexity index is 1050. The van der Waals surface area contributed by atoms with Crippen molar-refractivity contribution in [3.8, 4) is 0 Å². The molecule has 2 heterocycles. The second kappa shape index (κ2) is 8.84. The minimum Gasteiger partial charge on any atom is -0.339 e. The van der Waals surface area contributed by atoms with Gasteiger partial charge in [0.1, 0.15) is 0 Å². The largest absolute Gasteiger partial charge is 0.339 e. The van der Waals surface area contributed by atoms with Crippen molar-refractivity contribution < 1.29 is 9.59 Å². The zero-order valence-electron chi connectivity index (χ0n) is 16.8. The van der Waals surface area contributed by atoms with Crippen LogP contribution >= 0.6 is 11.6 Å². The lowest BCUT2D eigenvalue weighted by Gasteiger charge is -2.34. The van der Waals surface area contributed by atoms with Crippen LogP contribution in [0.3, 0.4) is 0 Å². The highest BCUT2D eigenvalue weighted by Gasteiger charge is 2.30. The first-order chi connectivity index (χ1) is 14.5. The van der Waals surface area contributed by atoms with Gasteiger partial charge in [0.05, 0.1) is 11.1 Å². The fourth-order valence-electron chi connectivity index (χ4n) is 4.06. The minimum atomic E-state index is -0.125. The minimum absolute atomic E-state index is 0.00206. The first-order valence-electron chi connectivity index (χ1n) is 10.2. The molecule has 1 fully saturated rings. The fourth-order valence-corrected chi connectivity index (χ4v) is 4.18. The number of anilines is 1. The van der Waals surface area contributed by atoms with Crippen LogP contribution in [0.4, 0.5) is 5.69 Å². The number of para-hydroxylation sites is 1. The highest BCUT2D eigenvalue weighted by Crippen LogP contribution is 2.28. The molecule has 1 aliphatic heterocycles. The maximum atomic E-state index is 13.1. The molecule has 5 nitrogen and oxygen atoms in total. The van der Waals surface area contributed by atoms with Gasteiger partial charge >= 0.3 is 0 Å². The van der Waals surface area contributed by atoms with Gasteiger partial charge in [-0.25, -0.2) is 0 Å². The molecule has 0 bridgehead atoms. The van der Waals surface area contributed by atoms with Gasteiger partial charge in [-0.1, -0.05) is 36.7 Å². The molecule has 1 N–H and O–H groups in total. The molecule has 0 unspecified atom stereocenters. The number of carbonyl (C=O) groups is 2. The summed E-state index contributed by atoms with van der Waals surface area (Å²) >= 11 is 5.90. The van der Waals surface area contributed by atoms with Crippen LogP contribution in [0.25, 0.3) is 10.9 Å². The maximum absolute atomic E-state index is 13.1. The molecule has 0 radical (unpaired) electrons. The third kappa shape index (κ3) is 4.31. The van der Waals surface area contributed by atoms with Crippen LogP contribution in [0.5, 0.6) is 0 Å². The summed E-state index contributed by atoms with van der Waals surface area (Å²) in [6.07, 6.45) is 3.30. The third-order valence-electron chi connectivity index (χ3n) is 5.94. The third-order valence-corrected chi connectivity index (χ3v) is 6.19. The summed E-state index contributed by atoms with van der Waals surface area (Å²) in [7, 11) is 0. The van der Waals surface area contributed by atoms with Crippen molar-refractivity contribution in [1.29, 1.82) is 0 Å². The Morgan fingerprint density at radius 2 is 1.77 bits per heavy atom. The number of hydrogen-bond donors (Lipinski definition) is 1. The van der Waals surface area contributed by atoms with Crippen molar-refractivity contribution in [1.82, 2.24) is 9.88 Å². The number of fused-ring (bicyclic) bond motifs is 1. The number of nitrogens with one attached hydrogen (secondary N) is 1. The van der Waals surface area contributed by atoms with Crippen LogP contribution in [0.15, 0.2) is 60.8 Å². The Hall–Kier alpha value is -2.92. The van der Waals surface area contributed by atoms with Gasteiger partial charge in [-0.15, -0.1) is 0 Å². The van der Waals surface area contributed by atoms with Crippen molar-refractivity contribution in [2.45, 2.75) is 19.8 Å². The van der Waals surface area contributed by atoms with Crippen molar-refractivity contribution in [2.24, 2.45) is 11.8 Å². The molecule has 30 heavy (non-hydrogen) atoms. The van der Waals surface area contributed by atoms with Crippen LogP contribution < -0.4 is 5.32 Å². The molecule has 1 atom stereocenters. The van der Waals surface area contributed by atoms with E-state index < -0.39 is 0 Å². The van der Waals surface area contributed by atoms with E-state index in [1.54, 1.807) is 36.5 Å². The Morgan fingerprint density at radius 3 is 2.50 bits per heavy atom. The van der Waals surface area contributed by atoms with E-state index in [1.807, 2.05) is 36.1 Å². The molecule has 0 saturated carbocycles. The van der Waals surface area contributed by atoms with E-state index in [2.05, 4.69) is 10.3 Å². The summed E-state index contributed by atoms with van der Waals surface area (Å²) in [5, 5.41) is 4.48. The molecule has 0 aliphatic carbocycles. The summed E-state index contributed by atoms with van der Waals surface area (Å²) < 4.78 is 0. The standard InChI is InChI=1S/C24H24ClN3O2/c1-16(23(29)27-19-8-6-18(25)7-9-19)17-11-14-28(15-12-17)24(30)21-10-13-26-22-5-3-2-4-20(21)22/h2-10,13,16-17H,11-12,14-15H2,1H3,(H,27,29)/t16-/m1/s1. The highest BCUT2D eigenvalue weighted by atomic mass is 35.5. The van der Waals surface area contributed by atoms with Crippen LogP contribution in [0.2, 0.25) is 5.02 Å². The zero-order valence-corrected chi connectivity index (χ0v) is 17.6. The number of likely N-dealkylation sites (tertiary alicyclic amines) is 1. The van der Waals surface area contributed by atoms with E-state index >= 15 is 0 Å². The van der Waals surface area contributed by atoms with Gasteiger partial charge in [0.25, 0.3) is 5.91 Å². The predicted molar refractivity (Wildman–Crippen MR) is 120 cm³/mol. The fraction of sp³-hybridized carbons (Fsp3) is 0.292. The van der Waals surface area contributed by atoms with Gasteiger partial charge in [0, 0.05) is 41.3 Å². The molecule has 3 aromatic rings. The van der Waals surface area contributed by atoms with E-state index in [9.17, 15) is 9.59 Å². The van der Waals surface area contributed by atoms with Crippen molar-refractivity contribution in [3.63, 3.8) is 0 Å².